The third-order valence-corrected chi connectivity index (χ3v) is 13.0. The van der Waals surface area contributed by atoms with E-state index in [2.05, 4.69) is 246 Å². The van der Waals surface area contributed by atoms with Gasteiger partial charge in [-0.25, -0.2) is 0 Å². The molecule has 3 nitrogen and oxygen atoms in total. The van der Waals surface area contributed by atoms with Gasteiger partial charge >= 0.3 is 0 Å². The monoisotopic (exact) mass is 829 g/mol. The molecule has 1 aliphatic rings. The first-order chi connectivity index (χ1) is 32.1. The van der Waals surface area contributed by atoms with Crippen molar-refractivity contribution in [2.24, 2.45) is 0 Å². The lowest BCUT2D eigenvalue weighted by Gasteiger charge is -2.34. The van der Waals surface area contributed by atoms with Gasteiger partial charge in [-0.1, -0.05) is 165 Å². The summed E-state index contributed by atoms with van der Waals surface area (Å²) in [5.41, 5.74) is 17.1. The molecule has 0 N–H and O–H groups in total. The molecular weight excluding hydrogens is 787 g/mol. The Morgan fingerprint density at radius 1 is 0.431 bits per heavy atom. The highest BCUT2D eigenvalue weighted by Crippen LogP contribution is 2.52. The van der Waals surface area contributed by atoms with E-state index in [1.807, 2.05) is 18.2 Å². The number of fused-ring (bicyclic) bond motifs is 6. The van der Waals surface area contributed by atoms with E-state index in [0.717, 1.165) is 56.2 Å². The van der Waals surface area contributed by atoms with Crippen molar-refractivity contribution in [1.29, 1.82) is 0 Å². The van der Waals surface area contributed by atoms with Gasteiger partial charge in [-0.15, -0.1) is 0 Å². The number of allylic oxidation sites excluding steroid dienone is 4. The maximum absolute atomic E-state index is 4.07. The first-order valence-corrected chi connectivity index (χ1v) is 22.1. The topological polar surface area (TPSA) is 11.4 Å². The molecule has 1 aromatic heterocycles. The zero-order valence-corrected chi connectivity index (χ0v) is 35.8. The van der Waals surface area contributed by atoms with Crippen LogP contribution in [0.3, 0.4) is 0 Å². The average molecular weight is 830 g/mol. The highest BCUT2D eigenvalue weighted by molar-refractivity contribution is 6.14. The summed E-state index contributed by atoms with van der Waals surface area (Å²) >= 11 is 0. The molecule has 3 heteroatoms. The van der Waals surface area contributed by atoms with Gasteiger partial charge in [0.05, 0.1) is 22.4 Å². The number of aromatic nitrogens is 1. The van der Waals surface area contributed by atoms with Crippen molar-refractivity contribution in [3.8, 4) is 27.9 Å². The molecule has 0 spiro atoms. The molecule has 306 valence electrons. The molecule has 0 amide bonds. The van der Waals surface area contributed by atoms with Crippen molar-refractivity contribution in [1.82, 2.24) is 4.57 Å². The summed E-state index contributed by atoms with van der Waals surface area (Å²) in [6, 6.07) is 79.6. The maximum atomic E-state index is 4.07. The number of rotatable bonds is 9. The van der Waals surface area contributed by atoms with E-state index in [-0.39, 0.29) is 0 Å². The molecule has 10 aromatic carbocycles. The Morgan fingerprint density at radius 3 is 1.91 bits per heavy atom. The lowest BCUT2D eigenvalue weighted by molar-refractivity contribution is 1.18. The lowest BCUT2D eigenvalue weighted by atomic mass is 9.89. The van der Waals surface area contributed by atoms with Gasteiger partial charge in [-0.3, -0.25) is 0 Å². The molecule has 0 saturated carbocycles. The number of hydrogen-bond donors (Lipinski definition) is 0. The van der Waals surface area contributed by atoms with Crippen LogP contribution in [0.5, 0.6) is 0 Å². The van der Waals surface area contributed by atoms with Gasteiger partial charge in [0.1, 0.15) is 0 Å². The second-order valence-corrected chi connectivity index (χ2v) is 16.7. The van der Waals surface area contributed by atoms with Crippen molar-refractivity contribution >= 4 is 83.0 Å². The predicted molar refractivity (Wildman–Crippen MR) is 278 cm³/mol. The standard InChI is InChI=1S/C62H43N3/c1-3-14-42(4-2)44-25-31-50(32-26-44)63(53-36-38-59-57(41-53)54-21-10-11-23-58(54)65(59)52-35-29-43-15-8-9-16-47(43)39-52)51-33-27-45(28-34-51)48-30-37-55-56-22-12-17-46-18-13-24-60(62(46)56)64(61(55)40-48)49-19-6-5-7-20-49/h3-41H,1-2H2/b42-14+. The van der Waals surface area contributed by atoms with E-state index < -0.39 is 0 Å². The molecule has 65 heavy (non-hydrogen) atoms. The van der Waals surface area contributed by atoms with Crippen LogP contribution in [0.4, 0.5) is 34.1 Å². The molecule has 2 heterocycles. The summed E-state index contributed by atoms with van der Waals surface area (Å²) in [5, 5.41) is 7.39. The maximum Gasteiger partial charge on any atom is 0.0546 e. The van der Waals surface area contributed by atoms with Crippen LogP contribution in [0.1, 0.15) is 5.56 Å². The fourth-order valence-corrected chi connectivity index (χ4v) is 10.00. The van der Waals surface area contributed by atoms with Gasteiger partial charge in [-0.05, 0) is 129 Å². The zero-order chi connectivity index (χ0) is 43.4. The van der Waals surface area contributed by atoms with Crippen molar-refractivity contribution in [3.05, 3.63) is 255 Å². The van der Waals surface area contributed by atoms with Crippen molar-refractivity contribution in [3.63, 3.8) is 0 Å². The molecule has 12 rings (SSSR count). The minimum absolute atomic E-state index is 1.03. The van der Waals surface area contributed by atoms with Crippen LogP contribution >= 0.6 is 0 Å². The first-order valence-electron chi connectivity index (χ1n) is 22.1. The number of nitrogens with zero attached hydrogens (tertiary/aromatic N) is 3. The summed E-state index contributed by atoms with van der Waals surface area (Å²) in [5.74, 6) is 0. The minimum atomic E-state index is 1.03. The van der Waals surface area contributed by atoms with Crippen LogP contribution in [-0.4, -0.2) is 4.57 Å². The van der Waals surface area contributed by atoms with E-state index in [0.29, 0.717) is 0 Å². The first kappa shape index (κ1) is 38.0. The molecule has 0 saturated heterocycles. The molecule has 0 bridgehead atoms. The highest BCUT2D eigenvalue weighted by atomic mass is 15.2. The van der Waals surface area contributed by atoms with Crippen LogP contribution in [0.2, 0.25) is 0 Å². The van der Waals surface area contributed by atoms with E-state index in [9.17, 15) is 0 Å². The number of benzene rings is 10. The van der Waals surface area contributed by atoms with Gasteiger partial charge in [0.25, 0.3) is 0 Å². The summed E-state index contributed by atoms with van der Waals surface area (Å²) in [4.78, 5) is 4.78. The second kappa shape index (κ2) is 15.6. The number of anilines is 6. The van der Waals surface area contributed by atoms with Gasteiger partial charge in [0, 0.05) is 50.2 Å². The SMILES string of the molecule is C=C/C=C(\C=C)c1ccc(N(c2ccc(-c3ccc4c(c3)N(c3ccccc3)c3cccc5cccc-4c35)cc2)c2ccc3c(c2)c2ccccc2n3-c2ccc3ccccc3c2)cc1. The summed E-state index contributed by atoms with van der Waals surface area (Å²) in [6.45, 7) is 7.99. The van der Waals surface area contributed by atoms with Crippen LogP contribution in [0.25, 0.3) is 76.9 Å². The summed E-state index contributed by atoms with van der Waals surface area (Å²) < 4.78 is 2.40. The number of hydrogen-bond acceptors (Lipinski definition) is 2. The Bertz CT molecular complexity index is 3680. The second-order valence-electron chi connectivity index (χ2n) is 16.7. The summed E-state index contributed by atoms with van der Waals surface area (Å²) in [7, 11) is 0. The van der Waals surface area contributed by atoms with Crippen molar-refractivity contribution in [2.45, 2.75) is 0 Å². The van der Waals surface area contributed by atoms with Crippen LogP contribution in [0, 0.1) is 0 Å². The average Bonchev–Trinajstić information content (AvgIpc) is 3.70. The van der Waals surface area contributed by atoms with Crippen LogP contribution in [0.15, 0.2) is 250 Å². The van der Waals surface area contributed by atoms with Crippen LogP contribution in [-0.2, 0) is 0 Å². The van der Waals surface area contributed by atoms with Gasteiger partial charge in [-0.2, -0.15) is 0 Å². The fraction of sp³-hybridized carbons (Fsp3) is 0. The van der Waals surface area contributed by atoms with E-state index in [1.54, 1.807) is 0 Å². The molecule has 0 radical (unpaired) electrons. The molecule has 0 fully saturated rings. The lowest BCUT2D eigenvalue weighted by Crippen LogP contribution is -2.15. The van der Waals surface area contributed by atoms with Crippen molar-refractivity contribution in [2.75, 3.05) is 9.80 Å². The molecule has 11 aromatic rings. The predicted octanol–water partition coefficient (Wildman–Crippen LogP) is 17.4. The van der Waals surface area contributed by atoms with Gasteiger partial charge in [0.15, 0.2) is 0 Å². The Kier molecular flexibility index (Phi) is 9.13. The minimum Gasteiger partial charge on any atom is -0.310 e. The Morgan fingerprint density at radius 2 is 1.11 bits per heavy atom. The number of para-hydroxylation sites is 2. The Labute approximate surface area is 379 Å². The zero-order valence-electron chi connectivity index (χ0n) is 35.8. The van der Waals surface area contributed by atoms with E-state index in [1.165, 1.54) is 60.3 Å². The van der Waals surface area contributed by atoms with E-state index in [4.69, 9.17) is 0 Å². The highest BCUT2D eigenvalue weighted by Gasteiger charge is 2.26. The Balaban J connectivity index is 0.984. The van der Waals surface area contributed by atoms with Crippen molar-refractivity contribution < 1.29 is 0 Å². The fourth-order valence-electron chi connectivity index (χ4n) is 10.00. The smallest absolute Gasteiger partial charge is 0.0546 e. The Hall–Kier alpha value is -8.66. The van der Waals surface area contributed by atoms with Gasteiger partial charge in [0.2, 0.25) is 0 Å². The molecule has 0 atom stereocenters. The third kappa shape index (κ3) is 6.36. The summed E-state index contributed by atoms with van der Waals surface area (Å²) in [6.07, 6.45) is 5.69. The van der Waals surface area contributed by atoms with E-state index >= 15 is 0 Å². The quantitative estimate of drug-likeness (QED) is 0.134. The van der Waals surface area contributed by atoms with Crippen LogP contribution < -0.4 is 9.80 Å². The molecule has 1 aliphatic heterocycles. The molecular formula is C62H43N3. The normalized spacial score (nSPS) is 12.2. The van der Waals surface area contributed by atoms with Gasteiger partial charge < -0.3 is 14.4 Å². The third-order valence-electron chi connectivity index (χ3n) is 13.0. The molecule has 0 aliphatic carbocycles. The molecule has 0 unspecified atom stereocenters. The largest absolute Gasteiger partial charge is 0.310 e.